The van der Waals surface area contributed by atoms with Gasteiger partial charge in [0.1, 0.15) is 0 Å². The molecule has 1 heterocycles. The first-order chi connectivity index (χ1) is 7.09. The van der Waals surface area contributed by atoms with Crippen LogP contribution < -0.4 is 5.32 Å². The summed E-state index contributed by atoms with van der Waals surface area (Å²) in [5, 5.41) is 7.22. The van der Waals surface area contributed by atoms with E-state index in [0.717, 1.165) is 0 Å². The van der Waals surface area contributed by atoms with Crippen LogP contribution in [0.2, 0.25) is 0 Å². The third-order valence-corrected chi connectivity index (χ3v) is 2.66. The van der Waals surface area contributed by atoms with Crippen LogP contribution in [-0.2, 0) is 9.53 Å². The fraction of sp³-hybridized carbons (Fsp3) is 0.545. The van der Waals surface area contributed by atoms with Crippen LogP contribution in [0.25, 0.3) is 0 Å². The number of hydrogen-bond acceptors (Lipinski definition) is 4. The van der Waals surface area contributed by atoms with Gasteiger partial charge in [-0.3, -0.25) is 4.79 Å². The molecule has 1 atom stereocenters. The molecule has 0 aliphatic carbocycles. The number of ether oxygens (including phenoxy) is 1. The molecule has 1 unspecified atom stereocenters. The Morgan fingerprint density at radius 3 is 2.80 bits per heavy atom. The van der Waals surface area contributed by atoms with Crippen molar-refractivity contribution in [1.29, 1.82) is 0 Å². The smallest absolute Gasteiger partial charge is 0.320 e. The largest absolute Gasteiger partial charge is 0.462 e. The van der Waals surface area contributed by atoms with Gasteiger partial charge in [-0.15, -0.1) is 0 Å². The number of rotatable bonds is 5. The van der Waals surface area contributed by atoms with E-state index in [-0.39, 0.29) is 24.7 Å². The second-order valence-corrected chi connectivity index (χ2v) is 4.48. The molecular formula is C11H17NO2S. The lowest BCUT2D eigenvalue weighted by Gasteiger charge is -2.13. The van der Waals surface area contributed by atoms with Crippen LogP contribution in [0.15, 0.2) is 16.8 Å². The fourth-order valence-corrected chi connectivity index (χ4v) is 1.93. The lowest BCUT2D eigenvalue weighted by atomic mass is 10.2. The Bertz CT molecular complexity index is 296. The summed E-state index contributed by atoms with van der Waals surface area (Å²) in [6, 6.07) is 2.24. The number of thiophene rings is 1. The summed E-state index contributed by atoms with van der Waals surface area (Å²) in [6.45, 7) is 5.99. The molecule has 0 aliphatic heterocycles. The summed E-state index contributed by atoms with van der Waals surface area (Å²) in [5.74, 6) is -0.202. The van der Waals surface area contributed by atoms with Crippen LogP contribution in [0.1, 0.15) is 32.4 Å². The summed E-state index contributed by atoms with van der Waals surface area (Å²) in [4.78, 5) is 11.2. The van der Waals surface area contributed by atoms with Crippen molar-refractivity contribution in [1.82, 2.24) is 5.32 Å². The van der Waals surface area contributed by atoms with Crippen molar-refractivity contribution in [2.24, 2.45) is 0 Å². The van der Waals surface area contributed by atoms with Crippen LogP contribution >= 0.6 is 11.3 Å². The highest BCUT2D eigenvalue weighted by Gasteiger charge is 2.09. The van der Waals surface area contributed by atoms with E-state index < -0.39 is 0 Å². The lowest BCUT2D eigenvalue weighted by Crippen LogP contribution is -2.28. The topological polar surface area (TPSA) is 38.3 Å². The van der Waals surface area contributed by atoms with E-state index in [2.05, 4.69) is 16.8 Å². The van der Waals surface area contributed by atoms with Crippen molar-refractivity contribution in [2.75, 3.05) is 6.54 Å². The minimum atomic E-state index is -0.202. The molecule has 0 spiro atoms. The summed E-state index contributed by atoms with van der Waals surface area (Å²) in [7, 11) is 0. The highest BCUT2D eigenvalue weighted by molar-refractivity contribution is 7.07. The molecule has 84 valence electrons. The van der Waals surface area contributed by atoms with E-state index in [0.29, 0.717) is 0 Å². The molecule has 4 heteroatoms. The van der Waals surface area contributed by atoms with Gasteiger partial charge < -0.3 is 10.1 Å². The highest BCUT2D eigenvalue weighted by Crippen LogP contribution is 2.14. The van der Waals surface area contributed by atoms with Gasteiger partial charge >= 0.3 is 5.97 Å². The van der Waals surface area contributed by atoms with Crippen molar-refractivity contribution in [3.63, 3.8) is 0 Å². The van der Waals surface area contributed by atoms with Crippen molar-refractivity contribution in [2.45, 2.75) is 32.9 Å². The maximum absolute atomic E-state index is 11.2. The molecule has 0 amide bonds. The molecule has 1 N–H and O–H groups in total. The molecule has 15 heavy (non-hydrogen) atoms. The van der Waals surface area contributed by atoms with Gasteiger partial charge in [0.25, 0.3) is 0 Å². The Morgan fingerprint density at radius 2 is 2.27 bits per heavy atom. The normalized spacial score (nSPS) is 12.8. The molecule has 0 aromatic carbocycles. The van der Waals surface area contributed by atoms with Crippen molar-refractivity contribution in [3.05, 3.63) is 22.4 Å². The minimum absolute atomic E-state index is 0.0456. The molecule has 0 aliphatic rings. The molecule has 3 nitrogen and oxygen atoms in total. The predicted octanol–water partition coefficient (Wildman–Crippen LogP) is 2.35. The molecule has 0 radical (unpaired) electrons. The number of esters is 1. The summed E-state index contributed by atoms with van der Waals surface area (Å²) in [6.07, 6.45) is -0.0456. The van der Waals surface area contributed by atoms with E-state index in [4.69, 9.17) is 4.74 Å². The molecular weight excluding hydrogens is 210 g/mol. The first-order valence-electron chi connectivity index (χ1n) is 5.04. The van der Waals surface area contributed by atoms with Crippen LogP contribution in [0.5, 0.6) is 0 Å². The van der Waals surface area contributed by atoms with Crippen LogP contribution in [0, 0.1) is 0 Å². The van der Waals surface area contributed by atoms with Crippen LogP contribution in [-0.4, -0.2) is 18.6 Å². The first kappa shape index (κ1) is 12.2. The second-order valence-electron chi connectivity index (χ2n) is 3.70. The maximum Gasteiger partial charge on any atom is 0.320 e. The fourth-order valence-electron chi connectivity index (χ4n) is 1.18. The average Bonchev–Trinajstić information content (AvgIpc) is 2.65. The lowest BCUT2D eigenvalue weighted by molar-refractivity contribution is -0.146. The van der Waals surface area contributed by atoms with E-state index in [9.17, 15) is 4.79 Å². The van der Waals surface area contributed by atoms with Gasteiger partial charge in [-0.1, -0.05) is 0 Å². The standard InChI is InChI=1S/C11H17NO2S/c1-8(2)14-11(13)6-12-9(3)10-4-5-15-7-10/h4-5,7-9,12H,6H2,1-3H3. The Labute approximate surface area is 94.5 Å². The maximum atomic E-state index is 11.2. The quantitative estimate of drug-likeness (QED) is 0.785. The average molecular weight is 227 g/mol. The van der Waals surface area contributed by atoms with Gasteiger partial charge in [-0.05, 0) is 43.2 Å². The monoisotopic (exact) mass is 227 g/mol. The van der Waals surface area contributed by atoms with Gasteiger partial charge in [0.15, 0.2) is 0 Å². The number of nitrogens with one attached hydrogen (secondary N) is 1. The van der Waals surface area contributed by atoms with Gasteiger partial charge in [-0.25, -0.2) is 0 Å². The predicted molar refractivity (Wildman–Crippen MR) is 62.0 cm³/mol. The highest BCUT2D eigenvalue weighted by atomic mass is 32.1. The molecule has 0 saturated heterocycles. The Morgan fingerprint density at radius 1 is 1.53 bits per heavy atom. The van der Waals surface area contributed by atoms with E-state index >= 15 is 0 Å². The molecule has 1 aromatic heterocycles. The summed E-state index contributed by atoms with van der Waals surface area (Å²) >= 11 is 1.66. The Hall–Kier alpha value is -0.870. The Kier molecular flexibility index (Phi) is 4.78. The zero-order chi connectivity index (χ0) is 11.3. The van der Waals surface area contributed by atoms with Crippen molar-refractivity contribution >= 4 is 17.3 Å². The van der Waals surface area contributed by atoms with Crippen molar-refractivity contribution in [3.8, 4) is 0 Å². The van der Waals surface area contributed by atoms with Crippen LogP contribution in [0.4, 0.5) is 0 Å². The molecule has 0 saturated carbocycles. The first-order valence-corrected chi connectivity index (χ1v) is 5.99. The number of hydrogen-bond donors (Lipinski definition) is 1. The van der Waals surface area contributed by atoms with Gasteiger partial charge in [0.2, 0.25) is 0 Å². The molecule has 1 rings (SSSR count). The van der Waals surface area contributed by atoms with E-state index in [1.807, 2.05) is 26.2 Å². The SMILES string of the molecule is CC(C)OC(=O)CNC(C)c1ccsc1. The summed E-state index contributed by atoms with van der Waals surface area (Å²) in [5.41, 5.74) is 1.21. The van der Waals surface area contributed by atoms with Crippen LogP contribution in [0.3, 0.4) is 0 Å². The second kappa shape index (κ2) is 5.88. The van der Waals surface area contributed by atoms with E-state index in [1.165, 1.54) is 5.56 Å². The molecule has 0 bridgehead atoms. The third-order valence-electron chi connectivity index (χ3n) is 1.96. The zero-order valence-corrected chi connectivity index (χ0v) is 10.1. The van der Waals surface area contributed by atoms with Gasteiger partial charge in [-0.2, -0.15) is 11.3 Å². The van der Waals surface area contributed by atoms with E-state index in [1.54, 1.807) is 11.3 Å². The number of carbonyl (C=O) groups is 1. The zero-order valence-electron chi connectivity index (χ0n) is 9.32. The summed E-state index contributed by atoms with van der Waals surface area (Å²) < 4.78 is 5.02. The number of carbonyl (C=O) groups excluding carboxylic acids is 1. The molecule has 0 fully saturated rings. The Balaban J connectivity index is 2.28. The van der Waals surface area contributed by atoms with Gasteiger partial charge in [0.05, 0.1) is 12.6 Å². The third kappa shape index (κ3) is 4.44. The molecule has 1 aromatic rings. The van der Waals surface area contributed by atoms with Crippen molar-refractivity contribution < 1.29 is 9.53 Å². The van der Waals surface area contributed by atoms with Gasteiger partial charge in [0, 0.05) is 6.04 Å². The minimum Gasteiger partial charge on any atom is -0.462 e.